The van der Waals surface area contributed by atoms with Gasteiger partial charge >= 0.3 is 0 Å². The summed E-state index contributed by atoms with van der Waals surface area (Å²) in [7, 11) is 0. The summed E-state index contributed by atoms with van der Waals surface area (Å²) in [4.78, 5) is 25.3. The lowest BCUT2D eigenvalue weighted by atomic mass is 10.2. The van der Waals surface area contributed by atoms with Gasteiger partial charge in [0.2, 0.25) is 0 Å². The van der Waals surface area contributed by atoms with E-state index in [9.17, 15) is 19.1 Å². The molecule has 0 atom stereocenters. The molecule has 3 aromatic rings. The molecule has 0 fully saturated rings. The molecule has 8 heteroatoms. The maximum absolute atomic E-state index is 13.9. The van der Waals surface area contributed by atoms with Crippen molar-refractivity contribution in [3.8, 4) is 5.75 Å². The fourth-order valence-corrected chi connectivity index (χ4v) is 3.76. The van der Waals surface area contributed by atoms with Crippen molar-refractivity contribution < 1.29 is 14.3 Å². The molecule has 0 aliphatic carbocycles. The number of nitrogens with zero attached hydrogens (tertiary/aromatic N) is 1. The lowest BCUT2D eigenvalue weighted by Crippen LogP contribution is -2.29. The Kier molecular flexibility index (Phi) is 4.91. The summed E-state index contributed by atoms with van der Waals surface area (Å²) in [6, 6.07) is 5.87. The van der Waals surface area contributed by atoms with Gasteiger partial charge in [-0.2, -0.15) is 0 Å². The maximum atomic E-state index is 13.9. The van der Waals surface area contributed by atoms with Crippen LogP contribution in [0.4, 0.5) is 10.1 Å². The Morgan fingerprint density at radius 3 is 2.84 bits per heavy atom. The number of aryl methyl sites for hydroxylation is 1. The molecule has 0 bridgehead atoms. The van der Waals surface area contributed by atoms with E-state index in [1.165, 1.54) is 28.0 Å². The molecule has 5 nitrogen and oxygen atoms in total. The molecule has 130 valence electrons. The zero-order chi connectivity index (χ0) is 18.1. The number of fused-ring (bicyclic) bond motifs is 1. The van der Waals surface area contributed by atoms with Crippen LogP contribution in [0.5, 0.6) is 5.75 Å². The van der Waals surface area contributed by atoms with Crippen molar-refractivity contribution in [2.45, 2.75) is 19.9 Å². The first kappa shape index (κ1) is 17.6. The smallest absolute Gasteiger partial charge is 0.267 e. The van der Waals surface area contributed by atoms with E-state index in [0.29, 0.717) is 27.7 Å². The van der Waals surface area contributed by atoms with Gasteiger partial charge in [0, 0.05) is 11.0 Å². The number of rotatable bonds is 4. The third-order valence-electron chi connectivity index (χ3n) is 3.70. The number of aromatic hydroxyl groups is 1. The number of carbonyl (C=O) groups is 1. The van der Waals surface area contributed by atoms with Crippen LogP contribution in [0.25, 0.3) is 10.2 Å². The topological polar surface area (TPSA) is 71.3 Å². The van der Waals surface area contributed by atoms with Crippen LogP contribution in [0.2, 0.25) is 0 Å². The molecular weight excluding hydrogens is 411 g/mol. The van der Waals surface area contributed by atoms with Crippen LogP contribution in [0.3, 0.4) is 0 Å². The first-order valence-corrected chi connectivity index (χ1v) is 9.20. The summed E-state index contributed by atoms with van der Waals surface area (Å²) in [6.45, 7) is 2.33. The molecule has 0 saturated carbocycles. The van der Waals surface area contributed by atoms with Crippen LogP contribution in [-0.4, -0.2) is 15.6 Å². The quantitative estimate of drug-likeness (QED) is 0.654. The van der Waals surface area contributed by atoms with E-state index in [-0.39, 0.29) is 17.0 Å². The Labute approximate surface area is 154 Å². The highest BCUT2D eigenvalue weighted by Gasteiger charge is 2.23. The minimum Gasteiger partial charge on any atom is -0.505 e. The molecule has 2 heterocycles. The first-order valence-electron chi connectivity index (χ1n) is 7.53. The Morgan fingerprint density at radius 1 is 1.40 bits per heavy atom. The van der Waals surface area contributed by atoms with Crippen molar-refractivity contribution in [2.75, 3.05) is 5.32 Å². The fourth-order valence-electron chi connectivity index (χ4n) is 2.58. The van der Waals surface area contributed by atoms with E-state index in [1.54, 1.807) is 17.5 Å². The van der Waals surface area contributed by atoms with Crippen molar-refractivity contribution in [1.82, 2.24) is 4.57 Å². The molecule has 0 saturated heterocycles. The number of benzene rings is 1. The summed E-state index contributed by atoms with van der Waals surface area (Å²) in [6.07, 6.45) is 0.692. The summed E-state index contributed by atoms with van der Waals surface area (Å²) >= 11 is 4.37. The number of hydrogen-bond donors (Lipinski definition) is 2. The van der Waals surface area contributed by atoms with Crippen LogP contribution in [-0.2, 0) is 6.54 Å². The summed E-state index contributed by atoms with van der Waals surface area (Å²) in [5.74, 6) is -1.87. The monoisotopic (exact) mass is 424 g/mol. The minimum absolute atomic E-state index is 0.0691. The normalized spacial score (nSPS) is 11.0. The van der Waals surface area contributed by atoms with Gasteiger partial charge in [-0.25, -0.2) is 4.39 Å². The number of nitrogens with one attached hydrogen (secondary N) is 1. The highest BCUT2D eigenvalue weighted by molar-refractivity contribution is 9.10. The lowest BCUT2D eigenvalue weighted by molar-refractivity contribution is 0.102. The van der Waals surface area contributed by atoms with Gasteiger partial charge in [0.1, 0.15) is 11.4 Å². The molecule has 0 radical (unpaired) electrons. The van der Waals surface area contributed by atoms with Crippen molar-refractivity contribution in [1.29, 1.82) is 0 Å². The van der Waals surface area contributed by atoms with Gasteiger partial charge in [-0.3, -0.25) is 9.59 Å². The molecule has 3 rings (SSSR count). The lowest BCUT2D eigenvalue weighted by Gasteiger charge is -2.12. The third-order valence-corrected chi connectivity index (χ3v) is 5.10. The predicted octanol–water partition coefficient (Wildman–Crippen LogP) is 4.33. The second-order valence-electron chi connectivity index (χ2n) is 5.39. The van der Waals surface area contributed by atoms with Crippen molar-refractivity contribution in [2.24, 2.45) is 0 Å². The second kappa shape index (κ2) is 6.97. The third kappa shape index (κ3) is 3.19. The van der Waals surface area contributed by atoms with Crippen molar-refractivity contribution in [3.63, 3.8) is 0 Å². The number of thiophene rings is 1. The van der Waals surface area contributed by atoms with E-state index < -0.39 is 17.3 Å². The van der Waals surface area contributed by atoms with Crippen LogP contribution in [0.15, 0.2) is 38.9 Å². The van der Waals surface area contributed by atoms with Crippen molar-refractivity contribution >= 4 is 49.1 Å². The highest BCUT2D eigenvalue weighted by Crippen LogP contribution is 2.31. The number of aromatic nitrogens is 1. The predicted molar refractivity (Wildman–Crippen MR) is 100 cm³/mol. The molecule has 2 N–H and O–H groups in total. The van der Waals surface area contributed by atoms with Gasteiger partial charge < -0.3 is 15.0 Å². The molecule has 25 heavy (non-hydrogen) atoms. The zero-order valence-electron chi connectivity index (χ0n) is 13.2. The summed E-state index contributed by atoms with van der Waals surface area (Å²) < 4.78 is 16.4. The average molecular weight is 425 g/mol. The second-order valence-corrected chi connectivity index (χ2v) is 7.23. The first-order chi connectivity index (χ1) is 11.9. The Hall–Kier alpha value is -2.19. The number of carbonyl (C=O) groups excluding carboxylic acids is 1. The number of amides is 1. The largest absolute Gasteiger partial charge is 0.505 e. The van der Waals surface area contributed by atoms with Gasteiger partial charge in [0.25, 0.3) is 11.5 Å². The Morgan fingerprint density at radius 2 is 2.16 bits per heavy atom. The van der Waals surface area contributed by atoms with Gasteiger partial charge in [0.15, 0.2) is 5.75 Å². The average Bonchev–Trinajstić information content (AvgIpc) is 3.04. The van der Waals surface area contributed by atoms with Gasteiger partial charge in [-0.1, -0.05) is 22.9 Å². The molecule has 2 aromatic heterocycles. The van der Waals surface area contributed by atoms with E-state index >= 15 is 0 Å². The summed E-state index contributed by atoms with van der Waals surface area (Å²) in [5.41, 5.74) is -0.466. The molecule has 1 amide bonds. The van der Waals surface area contributed by atoms with E-state index in [4.69, 9.17) is 0 Å². The molecule has 0 spiro atoms. The van der Waals surface area contributed by atoms with E-state index in [0.717, 1.165) is 0 Å². The highest BCUT2D eigenvalue weighted by atomic mass is 79.9. The molecule has 1 aromatic carbocycles. The molecular formula is C17H14BrFN2O3S. The summed E-state index contributed by atoms with van der Waals surface area (Å²) in [5, 5.41) is 14.5. The molecule has 0 aliphatic heterocycles. The number of pyridine rings is 1. The zero-order valence-corrected chi connectivity index (χ0v) is 15.6. The van der Waals surface area contributed by atoms with Gasteiger partial charge in [-0.05, 0) is 36.1 Å². The SMILES string of the molecule is CCCn1c(=O)c(C(=O)Nc2ccc(Br)cc2F)c(O)c2sccc21. The Bertz CT molecular complexity index is 1030. The van der Waals surface area contributed by atoms with Crippen LogP contribution in [0.1, 0.15) is 23.7 Å². The van der Waals surface area contributed by atoms with Crippen LogP contribution < -0.4 is 10.9 Å². The number of halogens is 2. The van der Waals surface area contributed by atoms with Crippen molar-refractivity contribution in [3.05, 3.63) is 55.9 Å². The minimum atomic E-state index is -0.844. The van der Waals surface area contributed by atoms with Crippen LogP contribution >= 0.6 is 27.3 Å². The fraction of sp³-hybridized carbons (Fsp3) is 0.176. The number of anilines is 1. The molecule has 0 unspecified atom stereocenters. The van der Waals surface area contributed by atoms with E-state index in [2.05, 4.69) is 21.2 Å². The van der Waals surface area contributed by atoms with Gasteiger partial charge in [-0.15, -0.1) is 11.3 Å². The maximum Gasteiger partial charge on any atom is 0.267 e. The van der Waals surface area contributed by atoms with Crippen LogP contribution in [0, 0.1) is 5.82 Å². The molecule has 0 aliphatic rings. The van der Waals surface area contributed by atoms with E-state index in [1.807, 2.05) is 6.92 Å². The standard InChI is InChI=1S/C17H14BrFN2O3S/c1-2-6-21-12-5-7-25-15(12)14(22)13(17(21)24)16(23)20-11-4-3-9(18)8-10(11)19/h3-5,7-8,22H,2,6H2,1H3,(H,20,23). The van der Waals surface area contributed by atoms with Gasteiger partial charge in [0.05, 0.1) is 15.9 Å². The number of hydrogen-bond acceptors (Lipinski definition) is 4. The Balaban J connectivity index is 2.11.